The van der Waals surface area contributed by atoms with Crippen LogP contribution in [-0.2, 0) is 0 Å². The van der Waals surface area contributed by atoms with Gasteiger partial charge in [-0.1, -0.05) is 0 Å². The summed E-state index contributed by atoms with van der Waals surface area (Å²) in [7, 11) is 0. The van der Waals surface area contributed by atoms with Crippen LogP contribution in [0.15, 0.2) is 22.8 Å². The minimum absolute atomic E-state index is 0.0670. The average Bonchev–Trinajstić information content (AvgIpc) is 3.28. The summed E-state index contributed by atoms with van der Waals surface area (Å²) in [5.74, 6) is 0.795. The van der Waals surface area contributed by atoms with Crippen LogP contribution in [0.5, 0.6) is 0 Å². The number of nitrogens with one attached hydrogen (secondary N) is 1. The zero-order valence-corrected chi connectivity index (χ0v) is 14.1. The summed E-state index contributed by atoms with van der Waals surface area (Å²) < 4.78 is 5.39. The second kappa shape index (κ2) is 5.76. The Morgan fingerprint density at radius 3 is 2.87 bits per heavy atom. The van der Waals surface area contributed by atoms with Crippen LogP contribution < -0.4 is 5.32 Å². The van der Waals surface area contributed by atoms with E-state index in [2.05, 4.69) is 10.3 Å². The molecule has 6 heteroatoms. The molecule has 0 radical (unpaired) electrons. The van der Waals surface area contributed by atoms with Crippen molar-refractivity contribution in [3.63, 3.8) is 0 Å². The molecule has 1 amide bonds. The normalized spacial score (nSPS) is 20.3. The van der Waals surface area contributed by atoms with Gasteiger partial charge in [-0.05, 0) is 50.3 Å². The smallest absolute Gasteiger partial charge is 0.273 e. The molecule has 2 saturated heterocycles. The summed E-state index contributed by atoms with van der Waals surface area (Å²) in [4.78, 5) is 20.3. The topological polar surface area (TPSA) is 58.4 Å². The maximum atomic E-state index is 12.8. The molecule has 0 bridgehead atoms. The van der Waals surface area contributed by atoms with E-state index in [0.717, 1.165) is 54.7 Å². The Bertz CT molecular complexity index is 692. The van der Waals surface area contributed by atoms with Crippen molar-refractivity contribution in [3.8, 4) is 10.8 Å². The van der Waals surface area contributed by atoms with Crippen molar-refractivity contribution in [1.29, 1.82) is 0 Å². The van der Waals surface area contributed by atoms with Gasteiger partial charge in [0.1, 0.15) is 5.69 Å². The first-order chi connectivity index (χ1) is 11.2. The first kappa shape index (κ1) is 14.9. The minimum atomic E-state index is 0.0670. The Morgan fingerprint density at radius 2 is 2.22 bits per heavy atom. The summed E-state index contributed by atoms with van der Waals surface area (Å²) in [5, 5.41) is 4.24. The fourth-order valence-electron chi connectivity index (χ4n) is 3.66. The van der Waals surface area contributed by atoms with Gasteiger partial charge in [-0.3, -0.25) is 4.79 Å². The summed E-state index contributed by atoms with van der Waals surface area (Å²) in [5.41, 5.74) is 1.01. The number of carbonyl (C=O) groups excluding carboxylic acids is 1. The van der Waals surface area contributed by atoms with E-state index in [1.165, 1.54) is 17.8 Å². The third kappa shape index (κ3) is 2.70. The van der Waals surface area contributed by atoms with Gasteiger partial charge in [0.25, 0.3) is 5.91 Å². The van der Waals surface area contributed by atoms with Crippen molar-refractivity contribution < 1.29 is 9.21 Å². The van der Waals surface area contributed by atoms with Gasteiger partial charge in [-0.2, -0.15) is 0 Å². The van der Waals surface area contributed by atoms with E-state index in [4.69, 9.17) is 4.42 Å². The molecule has 1 N–H and O–H groups in total. The van der Waals surface area contributed by atoms with Crippen LogP contribution in [0.3, 0.4) is 0 Å². The number of aryl methyl sites for hydroxylation is 1. The third-order valence-electron chi connectivity index (χ3n) is 5.17. The number of rotatable bonds is 2. The number of furan rings is 1. The third-order valence-corrected chi connectivity index (χ3v) is 6.16. The molecule has 2 aromatic heterocycles. The fraction of sp³-hybridized carbons (Fsp3) is 0.529. The van der Waals surface area contributed by atoms with Gasteiger partial charge in [0, 0.05) is 24.5 Å². The van der Waals surface area contributed by atoms with Gasteiger partial charge in [-0.25, -0.2) is 4.98 Å². The van der Waals surface area contributed by atoms with Crippen LogP contribution in [0.25, 0.3) is 10.8 Å². The lowest BCUT2D eigenvalue weighted by Crippen LogP contribution is -2.44. The van der Waals surface area contributed by atoms with E-state index in [1.54, 1.807) is 6.26 Å². The first-order valence-electron chi connectivity index (χ1n) is 8.18. The predicted molar refractivity (Wildman–Crippen MR) is 89.6 cm³/mol. The number of hydrogen-bond acceptors (Lipinski definition) is 5. The molecule has 5 nitrogen and oxygen atoms in total. The molecule has 0 unspecified atom stereocenters. The number of carbonyl (C=O) groups is 1. The van der Waals surface area contributed by atoms with Gasteiger partial charge in [0.15, 0.2) is 10.8 Å². The van der Waals surface area contributed by atoms with Gasteiger partial charge in [0.2, 0.25) is 0 Å². The standard InChI is InChI=1S/C17H21N3O2S/c1-12-14(19-15(23-12)13-3-2-10-22-13)16(21)20-8-5-17(6-9-20)4-7-18-11-17/h2-3,10,18H,4-9,11H2,1H3. The Morgan fingerprint density at radius 1 is 1.39 bits per heavy atom. The molecule has 1 spiro atoms. The molecule has 122 valence electrons. The highest BCUT2D eigenvalue weighted by Crippen LogP contribution is 2.37. The quantitative estimate of drug-likeness (QED) is 0.919. The maximum absolute atomic E-state index is 12.8. The number of piperidine rings is 1. The van der Waals surface area contributed by atoms with Crippen molar-refractivity contribution in [2.75, 3.05) is 26.2 Å². The highest BCUT2D eigenvalue weighted by molar-refractivity contribution is 7.15. The van der Waals surface area contributed by atoms with Crippen LogP contribution in [0.4, 0.5) is 0 Å². The second-order valence-corrected chi connectivity index (χ2v) is 7.82. The Kier molecular flexibility index (Phi) is 3.73. The molecule has 4 heterocycles. The lowest BCUT2D eigenvalue weighted by Gasteiger charge is -2.38. The molecule has 2 aromatic rings. The predicted octanol–water partition coefficient (Wildman–Crippen LogP) is 2.93. The summed E-state index contributed by atoms with van der Waals surface area (Å²) >= 11 is 1.52. The molecule has 2 aliphatic rings. The molecule has 0 aromatic carbocycles. The summed E-state index contributed by atoms with van der Waals surface area (Å²) in [6, 6.07) is 3.72. The number of aromatic nitrogens is 1. The van der Waals surface area contributed by atoms with Crippen molar-refractivity contribution in [2.45, 2.75) is 26.2 Å². The van der Waals surface area contributed by atoms with Gasteiger partial charge in [-0.15, -0.1) is 11.3 Å². The number of thiazole rings is 1. The highest BCUT2D eigenvalue weighted by atomic mass is 32.1. The number of hydrogen-bond donors (Lipinski definition) is 1. The summed E-state index contributed by atoms with van der Waals surface area (Å²) in [6.45, 7) is 5.86. The van der Waals surface area contributed by atoms with Crippen LogP contribution in [-0.4, -0.2) is 42.0 Å². The summed E-state index contributed by atoms with van der Waals surface area (Å²) in [6.07, 6.45) is 5.07. The Balaban J connectivity index is 1.49. The van der Waals surface area contributed by atoms with Crippen molar-refractivity contribution in [3.05, 3.63) is 29.0 Å². The zero-order chi connectivity index (χ0) is 15.9. The van der Waals surface area contributed by atoms with Gasteiger partial charge >= 0.3 is 0 Å². The molecule has 0 saturated carbocycles. The van der Waals surface area contributed by atoms with Crippen molar-refractivity contribution >= 4 is 17.2 Å². The molecule has 2 fully saturated rings. The van der Waals surface area contributed by atoms with E-state index in [-0.39, 0.29) is 5.91 Å². The second-order valence-electron chi connectivity index (χ2n) is 6.62. The van der Waals surface area contributed by atoms with E-state index < -0.39 is 0 Å². The largest absolute Gasteiger partial charge is 0.462 e. The zero-order valence-electron chi connectivity index (χ0n) is 13.3. The monoisotopic (exact) mass is 331 g/mol. The number of amides is 1. The molecule has 4 rings (SSSR count). The van der Waals surface area contributed by atoms with Crippen LogP contribution in [0, 0.1) is 12.3 Å². The van der Waals surface area contributed by atoms with E-state index in [9.17, 15) is 4.79 Å². The lowest BCUT2D eigenvalue weighted by atomic mass is 9.78. The van der Waals surface area contributed by atoms with Crippen molar-refractivity contribution in [2.24, 2.45) is 5.41 Å². The SMILES string of the molecule is Cc1sc(-c2ccco2)nc1C(=O)N1CCC2(CCNC2)CC1. The highest BCUT2D eigenvalue weighted by Gasteiger charge is 2.38. The number of nitrogens with zero attached hydrogens (tertiary/aromatic N) is 2. The molecular formula is C17H21N3O2S. The molecule has 2 aliphatic heterocycles. The Hall–Kier alpha value is -1.66. The molecule has 0 aliphatic carbocycles. The molecule has 23 heavy (non-hydrogen) atoms. The Labute approximate surface area is 139 Å². The van der Waals surface area contributed by atoms with Crippen LogP contribution in [0.1, 0.15) is 34.6 Å². The minimum Gasteiger partial charge on any atom is -0.462 e. The number of likely N-dealkylation sites (tertiary alicyclic amines) is 1. The van der Waals surface area contributed by atoms with Crippen molar-refractivity contribution in [1.82, 2.24) is 15.2 Å². The first-order valence-corrected chi connectivity index (χ1v) is 9.00. The van der Waals surface area contributed by atoms with Crippen LogP contribution in [0.2, 0.25) is 0 Å². The van der Waals surface area contributed by atoms with E-state index in [0.29, 0.717) is 11.1 Å². The average molecular weight is 331 g/mol. The fourth-order valence-corrected chi connectivity index (χ4v) is 4.53. The van der Waals surface area contributed by atoms with Gasteiger partial charge in [0.05, 0.1) is 6.26 Å². The maximum Gasteiger partial charge on any atom is 0.273 e. The lowest BCUT2D eigenvalue weighted by molar-refractivity contribution is 0.0602. The van der Waals surface area contributed by atoms with E-state index in [1.807, 2.05) is 24.0 Å². The molecule has 0 atom stereocenters. The molecular weight excluding hydrogens is 310 g/mol. The van der Waals surface area contributed by atoms with Crippen LogP contribution >= 0.6 is 11.3 Å². The van der Waals surface area contributed by atoms with E-state index >= 15 is 0 Å². The van der Waals surface area contributed by atoms with Gasteiger partial charge < -0.3 is 14.6 Å².